The van der Waals surface area contributed by atoms with E-state index in [1.807, 2.05) is 22.9 Å². The van der Waals surface area contributed by atoms with Crippen molar-refractivity contribution in [3.05, 3.63) is 66.0 Å². The molecule has 2 aromatic heterocycles. The van der Waals surface area contributed by atoms with Crippen LogP contribution in [0.2, 0.25) is 0 Å². The number of halogens is 1. The highest BCUT2D eigenvalue weighted by Crippen LogP contribution is 2.22. The first-order chi connectivity index (χ1) is 12.2. The largest absolute Gasteiger partial charge is 0.297 e. The Balaban J connectivity index is 1.45. The first-order valence-electron chi connectivity index (χ1n) is 8.50. The molecule has 1 unspecified atom stereocenters. The number of imidazole rings is 1. The average Bonchev–Trinajstić information content (AvgIpc) is 3.04. The van der Waals surface area contributed by atoms with Crippen LogP contribution in [0.25, 0.3) is 5.78 Å². The van der Waals surface area contributed by atoms with Crippen molar-refractivity contribution in [1.29, 1.82) is 0 Å². The second-order valence-corrected chi connectivity index (χ2v) is 6.50. The molecule has 1 atom stereocenters. The minimum Gasteiger partial charge on any atom is -0.297 e. The van der Waals surface area contributed by atoms with Gasteiger partial charge in [-0.3, -0.25) is 14.1 Å². The van der Waals surface area contributed by atoms with E-state index in [4.69, 9.17) is 0 Å². The van der Waals surface area contributed by atoms with Crippen LogP contribution in [0, 0.1) is 11.7 Å². The number of benzene rings is 1. The molecule has 0 radical (unpaired) electrons. The van der Waals surface area contributed by atoms with E-state index in [9.17, 15) is 9.18 Å². The zero-order valence-corrected chi connectivity index (χ0v) is 13.8. The lowest BCUT2D eigenvalue weighted by Crippen LogP contribution is -2.38. The Morgan fingerprint density at radius 3 is 2.92 bits per heavy atom. The quantitative estimate of drug-likeness (QED) is 0.686. The van der Waals surface area contributed by atoms with Gasteiger partial charge in [0, 0.05) is 43.2 Å². The third-order valence-corrected chi connectivity index (χ3v) is 4.68. The van der Waals surface area contributed by atoms with Gasteiger partial charge in [0.05, 0.1) is 5.69 Å². The van der Waals surface area contributed by atoms with E-state index in [0.29, 0.717) is 24.4 Å². The SMILES string of the molecule is O=C(c1ccc(F)cc1)C1CCCN(Cc2cn3cccnc3n2)C1. The van der Waals surface area contributed by atoms with Crippen molar-refractivity contribution in [3.63, 3.8) is 0 Å². The van der Waals surface area contributed by atoms with E-state index < -0.39 is 0 Å². The number of piperidine rings is 1. The zero-order chi connectivity index (χ0) is 17.2. The molecule has 3 aromatic rings. The summed E-state index contributed by atoms with van der Waals surface area (Å²) >= 11 is 0. The molecule has 1 aromatic carbocycles. The van der Waals surface area contributed by atoms with Gasteiger partial charge in [0.25, 0.3) is 0 Å². The second kappa shape index (κ2) is 6.72. The summed E-state index contributed by atoms with van der Waals surface area (Å²) in [6.45, 7) is 2.36. The molecule has 1 aliphatic rings. The second-order valence-electron chi connectivity index (χ2n) is 6.50. The Morgan fingerprint density at radius 2 is 2.12 bits per heavy atom. The molecule has 0 spiro atoms. The number of fused-ring (bicyclic) bond motifs is 1. The lowest BCUT2D eigenvalue weighted by Gasteiger charge is -2.31. The monoisotopic (exact) mass is 338 g/mol. The van der Waals surface area contributed by atoms with Gasteiger partial charge in [-0.1, -0.05) is 0 Å². The molecule has 3 heterocycles. The zero-order valence-electron chi connectivity index (χ0n) is 13.8. The van der Waals surface area contributed by atoms with Gasteiger partial charge in [0.15, 0.2) is 5.78 Å². The summed E-state index contributed by atoms with van der Waals surface area (Å²) in [4.78, 5) is 23.7. The Morgan fingerprint density at radius 1 is 1.28 bits per heavy atom. The molecular formula is C19H19FN4O. The van der Waals surface area contributed by atoms with Crippen molar-refractivity contribution in [2.75, 3.05) is 13.1 Å². The smallest absolute Gasteiger partial charge is 0.233 e. The highest BCUT2D eigenvalue weighted by molar-refractivity contribution is 5.98. The minimum atomic E-state index is -0.317. The number of likely N-dealkylation sites (tertiary alicyclic amines) is 1. The lowest BCUT2D eigenvalue weighted by molar-refractivity contribution is 0.0810. The number of Topliss-reactive ketones (excluding diaryl/α,β-unsaturated/α-hetero) is 1. The van der Waals surface area contributed by atoms with E-state index >= 15 is 0 Å². The van der Waals surface area contributed by atoms with Crippen molar-refractivity contribution in [2.24, 2.45) is 5.92 Å². The van der Waals surface area contributed by atoms with Crippen LogP contribution >= 0.6 is 0 Å². The van der Waals surface area contributed by atoms with Crippen LogP contribution in [0.3, 0.4) is 0 Å². The fraction of sp³-hybridized carbons (Fsp3) is 0.316. The molecule has 1 aliphatic heterocycles. The van der Waals surface area contributed by atoms with Crippen LogP contribution in [0.1, 0.15) is 28.9 Å². The van der Waals surface area contributed by atoms with Gasteiger partial charge < -0.3 is 0 Å². The standard InChI is InChI=1S/C19H19FN4O/c20-16-6-4-14(5-7-16)18(25)15-3-1-9-23(11-15)12-17-13-24-10-2-8-21-19(24)22-17/h2,4-8,10,13,15H,1,3,9,11-12H2. The maximum Gasteiger partial charge on any atom is 0.233 e. The molecule has 1 fully saturated rings. The molecule has 128 valence electrons. The molecule has 5 nitrogen and oxygen atoms in total. The number of nitrogens with zero attached hydrogens (tertiary/aromatic N) is 4. The van der Waals surface area contributed by atoms with Crippen molar-refractivity contribution in [1.82, 2.24) is 19.3 Å². The van der Waals surface area contributed by atoms with Crippen molar-refractivity contribution >= 4 is 11.6 Å². The Kier molecular flexibility index (Phi) is 4.28. The number of carbonyl (C=O) groups excluding carboxylic acids is 1. The van der Waals surface area contributed by atoms with Crippen LogP contribution in [0.15, 0.2) is 48.9 Å². The lowest BCUT2D eigenvalue weighted by atomic mass is 9.90. The summed E-state index contributed by atoms with van der Waals surface area (Å²) in [7, 11) is 0. The summed E-state index contributed by atoms with van der Waals surface area (Å²) in [6.07, 6.45) is 7.48. The molecule has 4 rings (SSSR count). The number of hydrogen-bond donors (Lipinski definition) is 0. The minimum absolute atomic E-state index is 0.0469. The highest BCUT2D eigenvalue weighted by atomic mass is 19.1. The van der Waals surface area contributed by atoms with E-state index in [1.54, 1.807) is 18.3 Å². The summed E-state index contributed by atoms with van der Waals surface area (Å²) in [5.74, 6) is 0.423. The van der Waals surface area contributed by atoms with Gasteiger partial charge in [-0.25, -0.2) is 14.4 Å². The first-order valence-corrected chi connectivity index (χ1v) is 8.50. The van der Waals surface area contributed by atoms with Gasteiger partial charge in [-0.15, -0.1) is 0 Å². The fourth-order valence-electron chi connectivity index (χ4n) is 3.45. The Bertz CT molecular complexity index is 857. The van der Waals surface area contributed by atoms with Crippen molar-refractivity contribution < 1.29 is 9.18 Å². The molecule has 1 saturated heterocycles. The van der Waals surface area contributed by atoms with Gasteiger partial charge in [-0.05, 0) is 49.7 Å². The van der Waals surface area contributed by atoms with Crippen molar-refractivity contribution in [2.45, 2.75) is 19.4 Å². The first kappa shape index (κ1) is 15.9. The normalized spacial score (nSPS) is 18.5. The maximum absolute atomic E-state index is 13.1. The van der Waals surface area contributed by atoms with Crippen molar-refractivity contribution in [3.8, 4) is 0 Å². The van der Waals surface area contributed by atoms with Gasteiger partial charge in [0.2, 0.25) is 5.78 Å². The van der Waals surface area contributed by atoms with E-state index in [0.717, 1.165) is 25.1 Å². The van der Waals surface area contributed by atoms with Crippen LogP contribution < -0.4 is 0 Å². The third-order valence-electron chi connectivity index (χ3n) is 4.68. The number of rotatable bonds is 4. The topological polar surface area (TPSA) is 50.5 Å². The van der Waals surface area contributed by atoms with E-state index in [2.05, 4.69) is 14.9 Å². The molecule has 0 N–H and O–H groups in total. The predicted octanol–water partition coefficient (Wildman–Crippen LogP) is 2.96. The average molecular weight is 338 g/mol. The van der Waals surface area contributed by atoms with Gasteiger partial charge in [0.1, 0.15) is 5.82 Å². The summed E-state index contributed by atoms with van der Waals surface area (Å²) in [5.41, 5.74) is 1.54. The number of hydrogen-bond acceptors (Lipinski definition) is 4. The van der Waals surface area contributed by atoms with Gasteiger partial charge >= 0.3 is 0 Å². The molecule has 0 saturated carbocycles. The van der Waals surface area contributed by atoms with E-state index in [1.165, 1.54) is 12.1 Å². The molecule has 0 aliphatic carbocycles. The van der Waals surface area contributed by atoms with Crippen LogP contribution in [-0.4, -0.2) is 38.1 Å². The maximum atomic E-state index is 13.1. The summed E-state index contributed by atoms with van der Waals surface area (Å²) in [6, 6.07) is 7.71. The molecule has 25 heavy (non-hydrogen) atoms. The van der Waals surface area contributed by atoms with Gasteiger partial charge in [-0.2, -0.15) is 0 Å². The molecule has 0 amide bonds. The van der Waals surface area contributed by atoms with E-state index in [-0.39, 0.29) is 17.5 Å². The Labute approximate surface area is 145 Å². The Hall–Kier alpha value is -2.60. The highest BCUT2D eigenvalue weighted by Gasteiger charge is 2.27. The number of carbonyl (C=O) groups is 1. The molecular weight excluding hydrogens is 319 g/mol. The van der Waals surface area contributed by atoms with Crippen LogP contribution in [0.5, 0.6) is 0 Å². The number of ketones is 1. The third kappa shape index (κ3) is 3.44. The summed E-state index contributed by atoms with van der Waals surface area (Å²) in [5, 5.41) is 0. The molecule has 6 heteroatoms. The van der Waals surface area contributed by atoms with Crippen LogP contribution in [0.4, 0.5) is 4.39 Å². The van der Waals surface area contributed by atoms with Crippen LogP contribution in [-0.2, 0) is 6.54 Å². The predicted molar refractivity (Wildman–Crippen MR) is 91.7 cm³/mol. The summed E-state index contributed by atoms with van der Waals surface area (Å²) < 4.78 is 15.0. The molecule has 0 bridgehead atoms. The number of aromatic nitrogens is 3. The fourth-order valence-corrected chi connectivity index (χ4v) is 3.45.